The van der Waals surface area contributed by atoms with E-state index in [1.165, 1.54) is 4.88 Å². The fourth-order valence-corrected chi connectivity index (χ4v) is 2.52. The van der Waals surface area contributed by atoms with Gasteiger partial charge in [0.25, 0.3) is 0 Å². The lowest BCUT2D eigenvalue weighted by Gasteiger charge is -2.08. The van der Waals surface area contributed by atoms with E-state index in [2.05, 4.69) is 16.0 Å². The van der Waals surface area contributed by atoms with Crippen LogP contribution in [0.15, 0.2) is 41.8 Å². The third-order valence-electron chi connectivity index (χ3n) is 2.96. The first-order chi connectivity index (χ1) is 11.2. The Balaban J connectivity index is 1.65. The van der Waals surface area contributed by atoms with Gasteiger partial charge in [-0.15, -0.1) is 11.3 Å². The van der Waals surface area contributed by atoms with E-state index in [0.29, 0.717) is 17.8 Å². The highest BCUT2D eigenvalue weighted by molar-refractivity contribution is 7.09. The van der Waals surface area contributed by atoms with Crippen LogP contribution in [0.3, 0.4) is 0 Å². The minimum Gasteiger partial charge on any atom is -0.376 e. The lowest BCUT2D eigenvalue weighted by Crippen LogP contribution is -2.42. The lowest BCUT2D eigenvalue weighted by atomic mass is 10.2. The number of carbonyl (C=O) groups is 2. The number of nitrogens with one attached hydrogen (secondary N) is 3. The molecule has 2 aromatic rings. The van der Waals surface area contributed by atoms with E-state index in [4.69, 9.17) is 5.26 Å². The lowest BCUT2D eigenvalue weighted by molar-refractivity contribution is -0.118. The van der Waals surface area contributed by atoms with Crippen LogP contribution < -0.4 is 16.0 Å². The van der Waals surface area contributed by atoms with Crippen LogP contribution in [-0.4, -0.2) is 25.0 Å². The number of hydrogen-bond donors (Lipinski definition) is 3. The molecule has 23 heavy (non-hydrogen) atoms. The van der Waals surface area contributed by atoms with Gasteiger partial charge in [-0.2, -0.15) is 5.26 Å². The minimum atomic E-state index is -0.506. The van der Waals surface area contributed by atoms with Gasteiger partial charge in [0.2, 0.25) is 5.91 Å². The number of nitriles is 1. The summed E-state index contributed by atoms with van der Waals surface area (Å²) < 4.78 is 0. The van der Waals surface area contributed by atoms with Gasteiger partial charge in [0.1, 0.15) is 0 Å². The van der Waals surface area contributed by atoms with E-state index in [-0.39, 0.29) is 6.54 Å². The fraction of sp³-hybridized carbons (Fsp3) is 0.188. The quantitative estimate of drug-likeness (QED) is 0.757. The standard InChI is InChI=1S/C16H16N4O2S/c17-10-12-3-5-13(6-4-12)19-11-15(21)20-16(22)18-8-7-14-2-1-9-23-14/h1-6,9,19H,7-8,11H2,(H2,18,20,21,22). The predicted octanol–water partition coefficient (Wildman–Crippen LogP) is 2.10. The molecule has 0 atom stereocenters. The van der Waals surface area contributed by atoms with Crippen molar-refractivity contribution in [1.29, 1.82) is 5.26 Å². The molecule has 3 amide bonds. The number of imide groups is 1. The summed E-state index contributed by atoms with van der Waals surface area (Å²) in [6, 6.07) is 12.2. The summed E-state index contributed by atoms with van der Waals surface area (Å²) in [5, 5.41) is 18.4. The van der Waals surface area contributed by atoms with Gasteiger partial charge in [0.15, 0.2) is 0 Å². The number of benzene rings is 1. The van der Waals surface area contributed by atoms with Crippen molar-refractivity contribution in [2.45, 2.75) is 6.42 Å². The number of thiophene rings is 1. The molecule has 0 bridgehead atoms. The summed E-state index contributed by atoms with van der Waals surface area (Å²) >= 11 is 1.63. The van der Waals surface area contributed by atoms with Crippen molar-refractivity contribution in [3.05, 3.63) is 52.2 Å². The molecular weight excluding hydrogens is 312 g/mol. The predicted molar refractivity (Wildman–Crippen MR) is 89.2 cm³/mol. The molecule has 0 saturated heterocycles. The van der Waals surface area contributed by atoms with Gasteiger partial charge in [-0.3, -0.25) is 10.1 Å². The topological polar surface area (TPSA) is 94.0 Å². The van der Waals surface area contributed by atoms with Crippen LogP contribution in [0.4, 0.5) is 10.5 Å². The Kier molecular flexibility index (Phi) is 6.15. The SMILES string of the molecule is N#Cc1ccc(NCC(=O)NC(=O)NCCc2cccs2)cc1. The molecule has 0 fully saturated rings. The Bertz CT molecular complexity index is 690. The molecule has 7 heteroatoms. The average molecular weight is 328 g/mol. The first kappa shape index (κ1) is 16.5. The molecule has 0 radical (unpaired) electrons. The highest BCUT2D eigenvalue weighted by atomic mass is 32.1. The molecule has 0 aliphatic rings. The zero-order chi connectivity index (χ0) is 16.5. The van der Waals surface area contributed by atoms with Crippen molar-refractivity contribution in [3.8, 4) is 6.07 Å². The van der Waals surface area contributed by atoms with Crippen LogP contribution in [0, 0.1) is 11.3 Å². The zero-order valence-corrected chi connectivity index (χ0v) is 13.2. The van der Waals surface area contributed by atoms with Crippen LogP contribution in [0.1, 0.15) is 10.4 Å². The Morgan fingerprint density at radius 2 is 1.96 bits per heavy atom. The molecule has 2 rings (SSSR count). The summed E-state index contributed by atoms with van der Waals surface area (Å²) in [5.41, 5.74) is 1.25. The second-order valence-electron chi connectivity index (χ2n) is 4.68. The first-order valence-corrected chi connectivity index (χ1v) is 7.89. The largest absolute Gasteiger partial charge is 0.376 e. The average Bonchev–Trinajstić information content (AvgIpc) is 3.07. The Labute approximate surface area is 138 Å². The number of urea groups is 1. The third-order valence-corrected chi connectivity index (χ3v) is 3.89. The van der Waals surface area contributed by atoms with Gasteiger partial charge < -0.3 is 10.6 Å². The second-order valence-corrected chi connectivity index (χ2v) is 5.71. The van der Waals surface area contributed by atoms with Gasteiger partial charge in [0.05, 0.1) is 18.2 Å². The molecule has 0 unspecified atom stereocenters. The second kappa shape index (κ2) is 8.56. The van der Waals surface area contributed by atoms with Crippen LogP contribution in [-0.2, 0) is 11.2 Å². The highest BCUT2D eigenvalue weighted by Gasteiger charge is 2.07. The Morgan fingerprint density at radius 1 is 1.17 bits per heavy atom. The minimum absolute atomic E-state index is 0.0236. The summed E-state index contributed by atoms with van der Waals surface area (Å²) in [5.74, 6) is -0.428. The highest BCUT2D eigenvalue weighted by Crippen LogP contribution is 2.08. The number of rotatable bonds is 6. The van der Waals surface area contributed by atoms with Crippen molar-refractivity contribution in [3.63, 3.8) is 0 Å². The number of carbonyl (C=O) groups excluding carboxylic acids is 2. The Hall–Kier alpha value is -2.85. The molecule has 3 N–H and O–H groups in total. The number of nitrogens with zero attached hydrogens (tertiary/aromatic N) is 1. The van der Waals surface area contributed by atoms with Crippen LogP contribution in [0.25, 0.3) is 0 Å². The molecule has 1 aromatic heterocycles. The summed E-state index contributed by atoms with van der Waals surface area (Å²) in [6.45, 7) is 0.451. The maximum Gasteiger partial charge on any atom is 0.321 e. The molecule has 1 heterocycles. The van der Waals surface area contributed by atoms with Crippen LogP contribution >= 0.6 is 11.3 Å². The summed E-state index contributed by atoms with van der Waals surface area (Å²) in [4.78, 5) is 24.4. The van der Waals surface area contributed by atoms with Crippen molar-refractivity contribution in [1.82, 2.24) is 10.6 Å². The van der Waals surface area contributed by atoms with E-state index in [0.717, 1.165) is 6.42 Å². The smallest absolute Gasteiger partial charge is 0.321 e. The van der Waals surface area contributed by atoms with Gasteiger partial charge >= 0.3 is 6.03 Å². The van der Waals surface area contributed by atoms with Gasteiger partial charge in [-0.05, 0) is 42.1 Å². The zero-order valence-electron chi connectivity index (χ0n) is 12.3. The molecule has 0 aliphatic carbocycles. The van der Waals surface area contributed by atoms with Crippen LogP contribution in [0.2, 0.25) is 0 Å². The van der Waals surface area contributed by atoms with E-state index in [1.54, 1.807) is 35.6 Å². The van der Waals surface area contributed by atoms with Crippen molar-refractivity contribution >= 4 is 29.0 Å². The maximum absolute atomic E-state index is 11.7. The van der Waals surface area contributed by atoms with E-state index in [9.17, 15) is 9.59 Å². The van der Waals surface area contributed by atoms with Crippen molar-refractivity contribution < 1.29 is 9.59 Å². The Morgan fingerprint density at radius 3 is 2.61 bits per heavy atom. The number of hydrogen-bond acceptors (Lipinski definition) is 5. The molecule has 0 aliphatic heterocycles. The van der Waals surface area contributed by atoms with Gasteiger partial charge in [0, 0.05) is 17.1 Å². The normalized spacial score (nSPS) is 9.70. The van der Waals surface area contributed by atoms with Crippen molar-refractivity contribution in [2.75, 3.05) is 18.4 Å². The molecule has 0 saturated carbocycles. The van der Waals surface area contributed by atoms with E-state index >= 15 is 0 Å². The monoisotopic (exact) mass is 328 g/mol. The number of amides is 3. The first-order valence-electron chi connectivity index (χ1n) is 7.01. The summed E-state index contributed by atoms with van der Waals surface area (Å²) in [6.07, 6.45) is 0.739. The van der Waals surface area contributed by atoms with E-state index < -0.39 is 11.9 Å². The molecule has 6 nitrogen and oxygen atoms in total. The van der Waals surface area contributed by atoms with Gasteiger partial charge in [-0.1, -0.05) is 6.07 Å². The molecule has 0 spiro atoms. The third kappa shape index (κ3) is 5.80. The molecule has 118 valence electrons. The summed E-state index contributed by atoms with van der Waals surface area (Å²) in [7, 11) is 0. The molecular formula is C16H16N4O2S. The maximum atomic E-state index is 11.7. The fourth-order valence-electron chi connectivity index (χ4n) is 1.81. The van der Waals surface area contributed by atoms with Crippen molar-refractivity contribution in [2.24, 2.45) is 0 Å². The van der Waals surface area contributed by atoms with Crippen LogP contribution in [0.5, 0.6) is 0 Å². The molecule has 1 aromatic carbocycles. The number of anilines is 1. The van der Waals surface area contributed by atoms with Gasteiger partial charge in [-0.25, -0.2) is 4.79 Å². The van der Waals surface area contributed by atoms with E-state index in [1.807, 2.05) is 23.6 Å².